The third-order valence-corrected chi connectivity index (χ3v) is 0.896. The minimum absolute atomic E-state index is 0. The van der Waals surface area contributed by atoms with Gasteiger partial charge in [-0.2, -0.15) is 0 Å². The summed E-state index contributed by atoms with van der Waals surface area (Å²) in [5, 5.41) is 0. The molecule has 0 saturated carbocycles. The molecule has 0 heterocycles. The SMILES string of the molecule is CCOC(=O)C(C=O)OC.[Na]. The van der Waals surface area contributed by atoms with Crippen molar-refractivity contribution in [2.75, 3.05) is 13.7 Å². The van der Waals surface area contributed by atoms with Gasteiger partial charge in [-0.05, 0) is 6.92 Å². The summed E-state index contributed by atoms with van der Waals surface area (Å²) in [6.45, 7) is 1.92. The molecule has 0 rings (SSSR count). The molecule has 1 atom stereocenters. The van der Waals surface area contributed by atoms with Gasteiger partial charge in [-0.3, -0.25) is 4.79 Å². The number of carbonyl (C=O) groups is 2. The molecular weight excluding hydrogens is 159 g/mol. The number of ether oxygens (including phenoxy) is 2. The quantitative estimate of drug-likeness (QED) is 0.243. The Morgan fingerprint density at radius 1 is 1.64 bits per heavy atom. The van der Waals surface area contributed by atoms with E-state index in [1.165, 1.54) is 7.11 Å². The van der Waals surface area contributed by atoms with Crippen LogP contribution in [-0.4, -0.2) is 61.6 Å². The molecule has 1 radical (unpaired) electrons. The Balaban J connectivity index is 0. The molecule has 0 amide bonds. The van der Waals surface area contributed by atoms with Crippen LogP contribution in [0.2, 0.25) is 0 Å². The van der Waals surface area contributed by atoms with Crippen molar-refractivity contribution < 1.29 is 19.1 Å². The van der Waals surface area contributed by atoms with E-state index in [1.54, 1.807) is 6.92 Å². The predicted molar refractivity (Wildman–Crippen MR) is 39.2 cm³/mol. The second-order valence-corrected chi connectivity index (χ2v) is 1.54. The predicted octanol–water partition coefficient (Wildman–Crippen LogP) is -0.617. The summed E-state index contributed by atoms with van der Waals surface area (Å²) in [5.41, 5.74) is 0. The van der Waals surface area contributed by atoms with Gasteiger partial charge >= 0.3 is 5.97 Å². The van der Waals surface area contributed by atoms with Gasteiger partial charge in [0.25, 0.3) is 0 Å². The fraction of sp³-hybridized carbons (Fsp3) is 0.667. The van der Waals surface area contributed by atoms with Crippen molar-refractivity contribution in [3.63, 3.8) is 0 Å². The molecule has 4 nitrogen and oxygen atoms in total. The maximum atomic E-state index is 10.6. The molecule has 11 heavy (non-hydrogen) atoms. The molecule has 0 aliphatic heterocycles. The molecule has 5 heteroatoms. The fourth-order valence-corrected chi connectivity index (χ4v) is 0.432. The minimum Gasteiger partial charge on any atom is -0.464 e. The molecule has 0 aliphatic rings. The second kappa shape index (κ2) is 8.20. The Bertz CT molecular complexity index is 126. The zero-order chi connectivity index (χ0) is 7.98. The van der Waals surface area contributed by atoms with Crippen molar-refractivity contribution in [1.29, 1.82) is 0 Å². The summed E-state index contributed by atoms with van der Waals surface area (Å²) >= 11 is 0. The normalized spacial score (nSPS) is 11.1. The smallest absolute Gasteiger partial charge is 0.342 e. The summed E-state index contributed by atoms with van der Waals surface area (Å²) in [7, 11) is 1.27. The first-order valence-electron chi connectivity index (χ1n) is 2.91. The first-order chi connectivity index (χ1) is 4.76. The molecule has 0 bridgehead atoms. The first kappa shape index (κ1) is 13.7. The summed E-state index contributed by atoms with van der Waals surface area (Å²) in [6.07, 6.45) is -0.669. The molecule has 59 valence electrons. The van der Waals surface area contributed by atoms with Gasteiger partial charge in [0.1, 0.15) is 0 Å². The fourth-order valence-electron chi connectivity index (χ4n) is 0.432. The summed E-state index contributed by atoms with van der Waals surface area (Å²) in [5.74, 6) is -0.639. The summed E-state index contributed by atoms with van der Waals surface area (Å²) in [4.78, 5) is 20.7. The van der Waals surface area contributed by atoms with Gasteiger partial charge in [0.05, 0.1) is 6.61 Å². The first-order valence-corrected chi connectivity index (χ1v) is 2.91. The van der Waals surface area contributed by atoms with Gasteiger partial charge in [-0.1, -0.05) is 0 Å². The Kier molecular flexibility index (Phi) is 10.2. The van der Waals surface area contributed by atoms with E-state index in [2.05, 4.69) is 9.47 Å². The van der Waals surface area contributed by atoms with Crippen LogP contribution in [0.25, 0.3) is 0 Å². The largest absolute Gasteiger partial charge is 0.464 e. The van der Waals surface area contributed by atoms with E-state index in [-0.39, 0.29) is 36.2 Å². The van der Waals surface area contributed by atoms with Gasteiger partial charge in [-0.25, -0.2) is 4.79 Å². The molecule has 0 aromatic rings. The van der Waals surface area contributed by atoms with Gasteiger partial charge in [0, 0.05) is 36.7 Å². The summed E-state index contributed by atoms with van der Waals surface area (Å²) in [6, 6.07) is 0. The van der Waals surface area contributed by atoms with Gasteiger partial charge in [0.2, 0.25) is 6.10 Å². The second-order valence-electron chi connectivity index (χ2n) is 1.54. The van der Waals surface area contributed by atoms with Crippen LogP contribution in [0, 0.1) is 0 Å². The van der Waals surface area contributed by atoms with Crippen LogP contribution < -0.4 is 0 Å². The molecule has 0 saturated heterocycles. The van der Waals surface area contributed by atoms with Crippen molar-refractivity contribution in [3.05, 3.63) is 0 Å². The number of hydrogen-bond acceptors (Lipinski definition) is 4. The van der Waals surface area contributed by atoms with Crippen molar-refractivity contribution in [2.45, 2.75) is 13.0 Å². The average molecular weight is 169 g/mol. The molecule has 0 N–H and O–H groups in total. The average Bonchev–Trinajstić information content (AvgIpc) is 1.91. The molecule has 1 unspecified atom stereocenters. The standard InChI is InChI=1S/C6H10O4.Na/c1-3-10-6(8)5(4-7)9-2;/h4-5H,3H2,1-2H3;. The third-order valence-electron chi connectivity index (χ3n) is 0.896. The van der Waals surface area contributed by atoms with E-state index >= 15 is 0 Å². The third kappa shape index (κ3) is 5.38. The number of aldehydes is 1. The molecular formula is C6H10NaO4. The number of hydrogen-bond donors (Lipinski definition) is 0. The Hall–Kier alpha value is 0.1000. The van der Waals surface area contributed by atoms with E-state index in [9.17, 15) is 9.59 Å². The van der Waals surface area contributed by atoms with E-state index in [1.807, 2.05) is 0 Å². The van der Waals surface area contributed by atoms with Crippen molar-refractivity contribution in [1.82, 2.24) is 0 Å². The number of esters is 1. The molecule has 0 aromatic heterocycles. The van der Waals surface area contributed by atoms with E-state index in [0.717, 1.165) is 0 Å². The zero-order valence-corrected chi connectivity index (χ0v) is 8.99. The van der Waals surface area contributed by atoms with Crippen LogP contribution in [-0.2, 0) is 19.1 Å². The Labute approximate surface area is 87.5 Å². The minimum atomic E-state index is -1.07. The van der Waals surface area contributed by atoms with Crippen LogP contribution in [0.4, 0.5) is 0 Å². The van der Waals surface area contributed by atoms with Crippen molar-refractivity contribution in [3.8, 4) is 0 Å². The van der Waals surface area contributed by atoms with Crippen LogP contribution in [0.5, 0.6) is 0 Å². The van der Waals surface area contributed by atoms with Gasteiger partial charge < -0.3 is 9.47 Å². The van der Waals surface area contributed by atoms with Crippen molar-refractivity contribution in [2.24, 2.45) is 0 Å². The number of rotatable bonds is 4. The van der Waals surface area contributed by atoms with E-state index < -0.39 is 12.1 Å². The van der Waals surface area contributed by atoms with Crippen LogP contribution in [0.15, 0.2) is 0 Å². The summed E-state index contributed by atoms with van der Waals surface area (Å²) < 4.78 is 8.96. The number of carbonyl (C=O) groups excluding carboxylic acids is 2. The number of methoxy groups -OCH3 is 1. The molecule has 0 aromatic carbocycles. The van der Waals surface area contributed by atoms with Crippen LogP contribution in [0.3, 0.4) is 0 Å². The maximum Gasteiger partial charge on any atom is 0.342 e. The van der Waals surface area contributed by atoms with Gasteiger partial charge in [-0.15, -0.1) is 0 Å². The van der Waals surface area contributed by atoms with Crippen LogP contribution in [0.1, 0.15) is 6.92 Å². The molecule has 0 aliphatic carbocycles. The Morgan fingerprint density at radius 2 is 2.18 bits per heavy atom. The Morgan fingerprint density at radius 3 is 2.45 bits per heavy atom. The maximum absolute atomic E-state index is 10.6. The van der Waals surface area contributed by atoms with E-state index in [4.69, 9.17) is 0 Å². The molecule has 0 spiro atoms. The zero-order valence-electron chi connectivity index (χ0n) is 6.99. The monoisotopic (exact) mass is 169 g/mol. The van der Waals surface area contributed by atoms with Crippen molar-refractivity contribution >= 4 is 41.8 Å². The van der Waals surface area contributed by atoms with Gasteiger partial charge in [0.15, 0.2) is 6.29 Å². The topological polar surface area (TPSA) is 52.6 Å². The van der Waals surface area contributed by atoms with Crippen LogP contribution >= 0.6 is 0 Å². The van der Waals surface area contributed by atoms with E-state index in [0.29, 0.717) is 6.29 Å². The molecule has 0 fully saturated rings.